The Morgan fingerprint density at radius 1 is 1.00 bits per heavy atom. The van der Waals surface area contributed by atoms with Crippen LogP contribution in [0.5, 0.6) is 0 Å². The number of ether oxygens (including phenoxy) is 1. The van der Waals surface area contributed by atoms with Gasteiger partial charge in [-0.2, -0.15) is 18.3 Å². The summed E-state index contributed by atoms with van der Waals surface area (Å²) in [5.74, 6) is -1.46. The van der Waals surface area contributed by atoms with E-state index in [0.717, 1.165) is 11.6 Å². The van der Waals surface area contributed by atoms with Crippen molar-refractivity contribution in [3.8, 4) is 11.4 Å². The summed E-state index contributed by atoms with van der Waals surface area (Å²) in [5.41, 5.74) is 2.23. The summed E-state index contributed by atoms with van der Waals surface area (Å²) < 4.78 is 46.5. The van der Waals surface area contributed by atoms with Gasteiger partial charge in [-0.3, -0.25) is 9.48 Å². The number of hydrogen-bond donors (Lipinski definition) is 1. The molecule has 0 spiro atoms. The van der Waals surface area contributed by atoms with Crippen LogP contribution in [0.1, 0.15) is 43.4 Å². The van der Waals surface area contributed by atoms with Gasteiger partial charge in [0.05, 0.1) is 31.5 Å². The van der Waals surface area contributed by atoms with Crippen molar-refractivity contribution < 1.29 is 32.6 Å². The van der Waals surface area contributed by atoms with Gasteiger partial charge in [-0.05, 0) is 54.8 Å². The Hall–Kier alpha value is -5.17. The van der Waals surface area contributed by atoms with Crippen molar-refractivity contribution in [1.82, 2.24) is 24.7 Å². The van der Waals surface area contributed by atoms with Gasteiger partial charge in [0.1, 0.15) is 16.9 Å². The number of carbonyl (C=O) groups excluding carboxylic acids is 1. The molecule has 0 atom stereocenters. The molecule has 0 saturated carbocycles. The van der Waals surface area contributed by atoms with Crippen LogP contribution in [0.3, 0.4) is 0 Å². The highest BCUT2D eigenvalue weighted by Gasteiger charge is 2.33. The Kier molecular flexibility index (Phi) is 8.41. The maximum absolute atomic E-state index is 13.6. The first kappa shape index (κ1) is 30.3. The van der Waals surface area contributed by atoms with Crippen molar-refractivity contribution in [1.29, 1.82) is 0 Å². The summed E-state index contributed by atoms with van der Waals surface area (Å²) in [4.78, 5) is 38.9. The molecule has 3 aromatic heterocycles. The third-order valence-corrected chi connectivity index (χ3v) is 6.93. The fourth-order valence-electron chi connectivity index (χ4n) is 4.70. The van der Waals surface area contributed by atoms with Crippen LogP contribution in [0, 0.1) is 13.8 Å². The fraction of sp³-hybridized carbons (Fsp3) is 0.226. The molecule has 2 aromatic carbocycles. The normalized spacial score (nSPS) is 11.6. The highest BCUT2D eigenvalue weighted by atomic mass is 19.4. The molecule has 5 aromatic rings. The molecule has 0 aliphatic rings. The molecule has 0 radical (unpaired) electrons. The summed E-state index contributed by atoms with van der Waals surface area (Å²) in [6.45, 7) is 4.02. The lowest BCUT2D eigenvalue weighted by molar-refractivity contribution is -0.141. The van der Waals surface area contributed by atoms with Crippen LogP contribution in [-0.4, -0.2) is 55.4 Å². The Bertz CT molecular complexity index is 1860. The highest BCUT2D eigenvalue weighted by molar-refractivity contribution is 6.06. The Labute approximate surface area is 249 Å². The van der Waals surface area contributed by atoms with Crippen LogP contribution in [0.25, 0.3) is 22.4 Å². The van der Waals surface area contributed by atoms with Crippen molar-refractivity contribution in [2.75, 3.05) is 18.6 Å². The van der Waals surface area contributed by atoms with Crippen molar-refractivity contribution >= 4 is 28.6 Å². The Morgan fingerprint density at radius 2 is 1.75 bits per heavy atom. The molecule has 0 aliphatic carbocycles. The van der Waals surface area contributed by atoms with E-state index in [0.29, 0.717) is 34.5 Å². The summed E-state index contributed by atoms with van der Waals surface area (Å²) in [6, 6.07) is 16.9. The number of aryl methyl sites for hydroxylation is 2. The predicted octanol–water partition coefficient (Wildman–Crippen LogP) is 5.72. The van der Waals surface area contributed by atoms with Crippen molar-refractivity contribution in [3.63, 3.8) is 0 Å². The molecule has 0 aliphatic heterocycles. The maximum atomic E-state index is 13.6. The Balaban J connectivity index is 1.36. The number of nitrogens with zero attached hydrogens (tertiary/aromatic N) is 6. The summed E-state index contributed by atoms with van der Waals surface area (Å²) in [6.07, 6.45) is -3.33. The van der Waals surface area contributed by atoms with Crippen LogP contribution in [0.4, 0.5) is 18.9 Å². The number of aromatic nitrogens is 5. The van der Waals surface area contributed by atoms with E-state index < -0.39 is 23.7 Å². The minimum Gasteiger partial charge on any atom is -0.476 e. The van der Waals surface area contributed by atoms with E-state index in [1.165, 1.54) is 28.8 Å². The van der Waals surface area contributed by atoms with Crippen molar-refractivity contribution in [2.45, 2.75) is 33.2 Å². The number of halogens is 3. The highest BCUT2D eigenvalue weighted by Crippen LogP contribution is 2.31. The first-order valence-electron chi connectivity index (χ1n) is 13.5. The second-order valence-electron chi connectivity index (χ2n) is 10.1. The first-order chi connectivity index (χ1) is 20.9. The van der Waals surface area contributed by atoms with Gasteiger partial charge >= 0.3 is 12.1 Å². The zero-order valence-electron chi connectivity index (χ0n) is 24.0. The second kappa shape index (κ2) is 12.2. The number of amides is 1. The lowest BCUT2D eigenvalue weighted by Gasteiger charge is -2.20. The molecule has 1 amide bonds. The number of hydrogen-bond acceptors (Lipinski definition) is 7. The monoisotopic (exact) mass is 604 g/mol. The van der Waals surface area contributed by atoms with Crippen LogP contribution < -0.4 is 4.90 Å². The number of fused-ring (bicyclic) bond motifs is 1. The lowest BCUT2D eigenvalue weighted by Crippen LogP contribution is -2.29. The second-order valence-corrected chi connectivity index (χ2v) is 10.1. The molecule has 3 heterocycles. The quantitative estimate of drug-likeness (QED) is 0.212. The number of aromatic carboxylic acids is 1. The zero-order valence-corrected chi connectivity index (χ0v) is 24.0. The minimum absolute atomic E-state index is 0.0301. The van der Waals surface area contributed by atoms with Gasteiger partial charge in [0.25, 0.3) is 5.91 Å². The molecule has 5 rings (SSSR count). The largest absolute Gasteiger partial charge is 0.476 e. The zero-order chi connectivity index (χ0) is 31.6. The van der Waals surface area contributed by atoms with Crippen LogP contribution >= 0.6 is 0 Å². The van der Waals surface area contributed by atoms with Crippen LogP contribution in [-0.2, 0) is 24.1 Å². The minimum atomic E-state index is -4.59. The van der Waals surface area contributed by atoms with E-state index in [1.54, 1.807) is 32.2 Å². The molecule has 1 N–H and O–H groups in total. The molecular formula is C31H27F3N6O4. The van der Waals surface area contributed by atoms with E-state index in [2.05, 4.69) is 20.1 Å². The molecule has 0 unspecified atom stereocenters. The molecule has 10 nitrogen and oxygen atoms in total. The number of pyridine rings is 1. The van der Waals surface area contributed by atoms with Gasteiger partial charge in [0.15, 0.2) is 11.5 Å². The summed E-state index contributed by atoms with van der Waals surface area (Å²) in [7, 11) is 1.56. The molecule has 0 saturated heterocycles. The van der Waals surface area contributed by atoms with Gasteiger partial charge in [-0.1, -0.05) is 30.3 Å². The Morgan fingerprint density at radius 3 is 2.43 bits per heavy atom. The molecule has 226 valence electrons. The molecule has 0 fully saturated rings. The molecular weight excluding hydrogens is 577 g/mol. The number of carboxylic acid groups (broad SMARTS) is 1. The molecule has 13 heteroatoms. The topological polar surface area (TPSA) is 123 Å². The van der Waals surface area contributed by atoms with Gasteiger partial charge in [-0.25, -0.2) is 19.7 Å². The SMILES string of the molecule is Cc1cc(-c2ncc3nc(C(F)(F)F)cc(C)c3n2)ccc1N(C)C(=O)c1cc(C(=O)O)nn1CCOCc1ccccc1. The third-order valence-electron chi connectivity index (χ3n) is 6.93. The van der Waals surface area contributed by atoms with Gasteiger partial charge in [0.2, 0.25) is 0 Å². The summed E-state index contributed by atoms with van der Waals surface area (Å²) >= 11 is 0. The number of alkyl halides is 3. The first-order valence-corrected chi connectivity index (χ1v) is 13.5. The number of benzene rings is 2. The molecule has 44 heavy (non-hydrogen) atoms. The maximum Gasteiger partial charge on any atom is 0.433 e. The standard InChI is InChI=1S/C31H27F3N6O4/c1-18-13-21(28-35-16-23-27(37-28)19(2)14-26(36-23)31(32,33)34)9-10-24(18)39(3)29(41)25-15-22(30(42)43)38-40(25)11-12-44-17-20-7-5-4-6-8-20/h4-10,13-16H,11-12,17H2,1-3H3,(H,42,43). The van der Waals surface area contributed by atoms with E-state index in [9.17, 15) is 27.9 Å². The average molecular weight is 605 g/mol. The van der Waals surface area contributed by atoms with Gasteiger partial charge < -0.3 is 14.7 Å². The van der Waals surface area contributed by atoms with E-state index >= 15 is 0 Å². The predicted molar refractivity (Wildman–Crippen MR) is 155 cm³/mol. The number of rotatable bonds is 9. The lowest BCUT2D eigenvalue weighted by atomic mass is 10.1. The third kappa shape index (κ3) is 6.42. The fourth-order valence-corrected chi connectivity index (χ4v) is 4.70. The van der Waals surface area contributed by atoms with Crippen LogP contribution in [0.15, 0.2) is 66.9 Å². The van der Waals surface area contributed by atoms with E-state index in [-0.39, 0.29) is 35.9 Å². The smallest absolute Gasteiger partial charge is 0.433 e. The van der Waals surface area contributed by atoms with Gasteiger partial charge in [-0.15, -0.1) is 0 Å². The number of carbonyl (C=O) groups is 2. The average Bonchev–Trinajstić information content (AvgIpc) is 3.43. The van der Waals surface area contributed by atoms with Crippen LogP contribution in [0.2, 0.25) is 0 Å². The van der Waals surface area contributed by atoms with E-state index in [4.69, 9.17) is 4.74 Å². The number of carboxylic acids is 1. The van der Waals surface area contributed by atoms with Gasteiger partial charge in [0, 0.05) is 24.4 Å². The number of anilines is 1. The van der Waals surface area contributed by atoms with Crippen molar-refractivity contribution in [2.24, 2.45) is 0 Å². The van der Waals surface area contributed by atoms with E-state index in [1.807, 2.05) is 30.3 Å². The van der Waals surface area contributed by atoms with Crippen molar-refractivity contribution in [3.05, 3.63) is 101 Å². The molecule has 0 bridgehead atoms. The summed E-state index contributed by atoms with van der Waals surface area (Å²) in [5, 5.41) is 13.6.